The number of hydrogen-bond acceptors (Lipinski definition) is 6. The lowest BCUT2D eigenvalue weighted by Gasteiger charge is -2.46. The van der Waals surface area contributed by atoms with Crippen molar-refractivity contribution in [2.24, 2.45) is 11.8 Å². The molecule has 11 heteroatoms. The first-order valence-electron chi connectivity index (χ1n) is 11.5. The number of amides is 2. The van der Waals surface area contributed by atoms with Gasteiger partial charge in [-0.1, -0.05) is 36.2 Å². The molecule has 8 nitrogen and oxygen atoms in total. The molecule has 35 heavy (non-hydrogen) atoms. The Morgan fingerprint density at radius 2 is 1.89 bits per heavy atom. The standard InChI is InChI=1S/C24H29Cl2N3O5S/c1-11-19-18(12(2)30)23(32)29(19)20(24(33)34)21(11)35-13-8-17(22(31)27(3)4)28(9-13)10-14-15(25)6-5-7-16(14)26/h5-7,11-13,17-19,30H,8-10H2,1-4H3,(H,33,34)/t11-,12-,13+,17+,18-,19-/m1/s1. The van der Waals surface area contributed by atoms with Crippen molar-refractivity contribution in [1.82, 2.24) is 14.7 Å². The summed E-state index contributed by atoms with van der Waals surface area (Å²) >= 11 is 14.2. The quantitative estimate of drug-likeness (QED) is 0.511. The summed E-state index contributed by atoms with van der Waals surface area (Å²) in [5, 5.41) is 21.0. The molecule has 190 valence electrons. The zero-order valence-corrected chi connectivity index (χ0v) is 22.3. The lowest BCUT2D eigenvalue weighted by molar-refractivity contribution is -0.163. The lowest BCUT2D eigenvalue weighted by Crippen LogP contribution is -2.63. The third kappa shape index (κ3) is 4.57. The Labute approximate surface area is 218 Å². The molecular weight excluding hydrogens is 513 g/mol. The van der Waals surface area contributed by atoms with E-state index in [9.17, 15) is 24.6 Å². The maximum absolute atomic E-state index is 13.0. The fraction of sp³-hybridized carbons (Fsp3) is 0.542. The number of likely N-dealkylation sites (N-methyl/N-ethyl adjacent to an activating group) is 1. The van der Waals surface area contributed by atoms with Gasteiger partial charge in [-0.05, 0) is 25.5 Å². The fourth-order valence-electron chi connectivity index (χ4n) is 5.42. The molecule has 2 saturated heterocycles. The SMILES string of the molecule is C[C@@H](O)[C@H]1C(=O)N2C(C(=O)O)=C(S[C@H]3C[C@@H](C(=O)N(C)C)N(Cc4c(Cl)cccc4Cl)C3)[C@H](C)[C@H]12. The Bertz CT molecular complexity index is 1070. The van der Waals surface area contributed by atoms with E-state index in [1.54, 1.807) is 44.1 Å². The molecular formula is C24H29Cl2N3O5S. The van der Waals surface area contributed by atoms with Crippen molar-refractivity contribution in [1.29, 1.82) is 0 Å². The van der Waals surface area contributed by atoms with Crippen molar-refractivity contribution in [3.05, 3.63) is 44.4 Å². The number of benzene rings is 1. The van der Waals surface area contributed by atoms with Crippen LogP contribution in [0.3, 0.4) is 0 Å². The number of likely N-dealkylation sites (tertiary alicyclic amines) is 1. The van der Waals surface area contributed by atoms with Crippen molar-refractivity contribution in [3.63, 3.8) is 0 Å². The number of aliphatic carboxylic acids is 1. The van der Waals surface area contributed by atoms with E-state index < -0.39 is 24.0 Å². The molecule has 0 aromatic heterocycles. The molecule has 0 spiro atoms. The van der Waals surface area contributed by atoms with Crippen LogP contribution in [0.1, 0.15) is 25.8 Å². The highest BCUT2D eigenvalue weighted by molar-refractivity contribution is 8.03. The van der Waals surface area contributed by atoms with Gasteiger partial charge in [-0.15, -0.1) is 11.8 Å². The summed E-state index contributed by atoms with van der Waals surface area (Å²) in [6, 6.07) is 4.51. The maximum Gasteiger partial charge on any atom is 0.353 e. The van der Waals surface area contributed by atoms with Gasteiger partial charge in [0.25, 0.3) is 0 Å². The van der Waals surface area contributed by atoms with E-state index in [1.165, 1.54) is 16.7 Å². The van der Waals surface area contributed by atoms with Gasteiger partial charge in [0.05, 0.1) is 24.1 Å². The number of fused-ring (bicyclic) bond motifs is 1. The molecule has 2 N–H and O–H groups in total. The molecule has 3 heterocycles. The highest BCUT2D eigenvalue weighted by atomic mass is 35.5. The Hall–Kier alpha value is -1.78. The van der Waals surface area contributed by atoms with E-state index in [1.807, 2.05) is 11.8 Å². The number of thioether (sulfide) groups is 1. The molecule has 3 aliphatic heterocycles. The minimum absolute atomic E-state index is 0.00233. The van der Waals surface area contributed by atoms with Gasteiger partial charge < -0.3 is 20.0 Å². The number of β-lactam (4-membered cyclic amide) rings is 1. The van der Waals surface area contributed by atoms with Crippen molar-refractivity contribution < 1.29 is 24.6 Å². The predicted octanol–water partition coefficient (Wildman–Crippen LogP) is 2.91. The number of carbonyl (C=O) groups excluding carboxylic acids is 2. The van der Waals surface area contributed by atoms with Gasteiger partial charge in [0, 0.05) is 58.9 Å². The molecule has 2 fully saturated rings. The number of nitrogens with zero attached hydrogens (tertiary/aromatic N) is 3. The first-order valence-corrected chi connectivity index (χ1v) is 13.1. The van der Waals surface area contributed by atoms with Crippen molar-refractivity contribution >= 4 is 52.7 Å². The fourth-order valence-corrected chi connectivity index (χ4v) is 7.49. The van der Waals surface area contributed by atoms with E-state index >= 15 is 0 Å². The van der Waals surface area contributed by atoms with Gasteiger partial charge in [0.1, 0.15) is 5.70 Å². The normalized spacial score (nSPS) is 29.3. The second-order valence-electron chi connectivity index (χ2n) is 9.63. The molecule has 0 bridgehead atoms. The van der Waals surface area contributed by atoms with Gasteiger partial charge in [-0.3, -0.25) is 14.5 Å². The van der Waals surface area contributed by atoms with E-state index in [4.69, 9.17) is 23.2 Å². The van der Waals surface area contributed by atoms with E-state index in [-0.39, 0.29) is 34.7 Å². The molecule has 0 saturated carbocycles. The summed E-state index contributed by atoms with van der Waals surface area (Å²) in [5.74, 6) is -2.39. The zero-order chi connectivity index (χ0) is 25.8. The third-order valence-electron chi connectivity index (χ3n) is 7.12. The summed E-state index contributed by atoms with van der Waals surface area (Å²) in [6.45, 7) is 4.37. The largest absolute Gasteiger partial charge is 0.477 e. The first-order chi connectivity index (χ1) is 16.4. The molecule has 4 rings (SSSR count). The van der Waals surface area contributed by atoms with Crippen molar-refractivity contribution in [2.75, 3.05) is 20.6 Å². The Morgan fingerprint density at radius 3 is 2.43 bits per heavy atom. The summed E-state index contributed by atoms with van der Waals surface area (Å²) < 4.78 is 0. The van der Waals surface area contributed by atoms with Gasteiger partial charge in [0.2, 0.25) is 11.8 Å². The van der Waals surface area contributed by atoms with Crippen LogP contribution in [0.25, 0.3) is 0 Å². The van der Waals surface area contributed by atoms with E-state index in [0.29, 0.717) is 34.5 Å². The van der Waals surface area contributed by atoms with Crippen LogP contribution in [0.15, 0.2) is 28.8 Å². The number of carboxylic acid groups (broad SMARTS) is 1. The van der Waals surface area contributed by atoms with Crippen LogP contribution in [0, 0.1) is 11.8 Å². The molecule has 0 aliphatic carbocycles. The van der Waals surface area contributed by atoms with Crippen molar-refractivity contribution in [3.8, 4) is 0 Å². The number of carboxylic acids is 1. The Balaban J connectivity index is 1.60. The van der Waals surface area contributed by atoms with Gasteiger partial charge in [0.15, 0.2) is 0 Å². The average molecular weight is 542 g/mol. The van der Waals surface area contributed by atoms with Gasteiger partial charge >= 0.3 is 5.97 Å². The minimum atomic E-state index is -1.15. The number of hydrogen-bond donors (Lipinski definition) is 2. The summed E-state index contributed by atoms with van der Waals surface area (Å²) in [4.78, 5) is 43.4. The number of aliphatic hydroxyl groups excluding tert-OH is 1. The van der Waals surface area contributed by atoms with Crippen LogP contribution in [0.2, 0.25) is 10.0 Å². The van der Waals surface area contributed by atoms with Crippen LogP contribution in [0.5, 0.6) is 0 Å². The Kier molecular flexibility index (Phi) is 7.46. The summed E-state index contributed by atoms with van der Waals surface area (Å²) in [6.07, 6.45) is -0.333. The second kappa shape index (κ2) is 9.94. The first kappa shape index (κ1) is 26.3. The summed E-state index contributed by atoms with van der Waals surface area (Å²) in [5.41, 5.74) is 0.740. The minimum Gasteiger partial charge on any atom is -0.477 e. The molecule has 6 atom stereocenters. The van der Waals surface area contributed by atoms with Gasteiger partial charge in [-0.25, -0.2) is 4.79 Å². The van der Waals surface area contributed by atoms with E-state index in [0.717, 1.165) is 5.56 Å². The smallest absolute Gasteiger partial charge is 0.353 e. The van der Waals surface area contributed by atoms with Crippen LogP contribution >= 0.6 is 35.0 Å². The van der Waals surface area contributed by atoms with Crippen LogP contribution < -0.4 is 0 Å². The third-order valence-corrected chi connectivity index (χ3v) is 9.32. The zero-order valence-electron chi connectivity index (χ0n) is 19.9. The molecule has 0 radical (unpaired) electrons. The van der Waals surface area contributed by atoms with E-state index in [2.05, 4.69) is 0 Å². The number of rotatable bonds is 7. The average Bonchev–Trinajstić information content (AvgIpc) is 3.27. The lowest BCUT2D eigenvalue weighted by atomic mass is 9.79. The molecule has 3 aliphatic rings. The highest BCUT2D eigenvalue weighted by Gasteiger charge is 2.60. The Morgan fingerprint density at radius 1 is 1.26 bits per heavy atom. The van der Waals surface area contributed by atoms with Crippen LogP contribution in [0.4, 0.5) is 0 Å². The van der Waals surface area contributed by atoms with Crippen molar-refractivity contribution in [2.45, 2.75) is 50.3 Å². The van der Waals surface area contributed by atoms with Crippen LogP contribution in [-0.2, 0) is 20.9 Å². The maximum atomic E-state index is 13.0. The topological polar surface area (TPSA) is 101 Å². The van der Waals surface area contributed by atoms with Crippen LogP contribution in [-0.4, -0.2) is 86.8 Å². The molecule has 1 aromatic carbocycles. The predicted molar refractivity (Wildman–Crippen MR) is 135 cm³/mol. The molecule has 0 unspecified atom stereocenters. The summed E-state index contributed by atoms with van der Waals surface area (Å²) in [7, 11) is 3.42. The van der Waals surface area contributed by atoms with Gasteiger partial charge in [-0.2, -0.15) is 0 Å². The highest BCUT2D eigenvalue weighted by Crippen LogP contribution is 2.52. The number of halogens is 2. The number of carbonyl (C=O) groups is 3. The molecule has 2 amide bonds. The number of aliphatic hydroxyl groups is 1. The molecule has 1 aromatic rings. The second-order valence-corrected chi connectivity index (χ2v) is 11.8. The monoisotopic (exact) mass is 541 g/mol.